The van der Waals surface area contributed by atoms with Gasteiger partial charge in [-0.1, -0.05) is 231 Å². The third-order valence-corrected chi connectivity index (χ3v) is 16.6. The molecule has 15 aromatic rings. The summed E-state index contributed by atoms with van der Waals surface area (Å²) >= 11 is 0. The Morgan fingerprint density at radius 1 is 0.244 bits per heavy atom. The fourth-order valence-corrected chi connectivity index (χ4v) is 12.7. The second-order valence-corrected chi connectivity index (χ2v) is 21.7. The van der Waals surface area contributed by atoms with Gasteiger partial charge in [0, 0.05) is 72.0 Å². The molecule has 86 heavy (non-hydrogen) atoms. The first-order valence-electron chi connectivity index (χ1n) is 28.9. The maximum Gasteiger partial charge on any atom is 0.235 e. The normalized spacial score (nSPS) is 11.9. The molecule has 0 unspecified atom stereocenters. The number of benzene rings is 11. The summed E-state index contributed by atoms with van der Waals surface area (Å²) in [6.45, 7) is 0. The lowest BCUT2D eigenvalue weighted by Crippen LogP contribution is -2.06. The average molecular weight is 1100 g/mol. The Morgan fingerprint density at radius 2 is 0.628 bits per heavy atom. The molecule has 0 saturated heterocycles. The number of hydrogen-bond acceptors (Lipinski definition) is 6. The highest BCUT2D eigenvalue weighted by molar-refractivity contribution is 6.13. The first-order valence-corrected chi connectivity index (χ1v) is 28.9. The van der Waals surface area contributed by atoms with E-state index in [0.29, 0.717) is 11.9 Å². The Morgan fingerprint density at radius 3 is 1.21 bits per heavy atom. The van der Waals surface area contributed by atoms with Gasteiger partial charge in [-0.15, -0.1) is 0 Å². The monoisotopic (exact) mass is 1100 g/mol. The van der Waals surface area contributed by atoms with Crippen molar-refractivity contribution in [3.63, 3.8) is 0 Å². The molecule has 0 amide bonds. The first-order chi connectivity index (χ1) is 42.6. The minimum Gasteiger partial charge on any atom is -0.456 e. The molecule has 4 aromatic heterocycles. The Balaban J connectivity index is 0.829. The van der Waals surface area contributed by atoms with Crippen molar-refractivity contribution in [1.29, 1.82) is 0 Å². The van der Waals surface area contributed by atoms with Gasteiger partial charge in [0.25, 0.3) is 0 Å². The van der Waals surface area contributed by atoms with Crippen molar-refractivity contribution < 1.29 is 9.47 Å². The summed E-state index contributed by atoms with van der Waals surface area (Å²) in [6, 6.07) is 101. The Labute approximate surface area is 495 Å². The van der Waals surface area contributed by atoms with Crippen molar-refractivity contribution in [3.05, 3.63) is 291 Å². The van der Waals surface area contributed by atoms with Crippen LogP contribution in [-0.4, -0.2) is 29.1 Å². The summed E-state index contributed by atoms with van der Waals surface area (Å²) in [5.74, 6) is 4.16. The van der Waals surface area contributed by atoms with Crippen molar-refractivity contribution in [2.45, 2.75) is 0 Å². The van der Waals surface area contributed by atoms with Crippen LogP contribution in [0.15, 0.2) is 291 Å². The van der Waals surface area contributed by atoms with E-state index in [0.717, 1.165) is 157 Å². The molecule has 17 rings (SSSR count). The number of para-hydroxylation sites is 5. The van der Waals surface area contributed by atoms with Crippen LogP contribution in [0.1, 0.15) is 0 Å². The van der Waals surface area contributed by atoms with Gasteiger partial charge in [-0.3, -0.25) is 9.13 Å². The van der Waals surface area contributed by atoms with Crippen LogP contribution in [0.5, 0.6) is 23.0 Å². The number of ether oxygens (including phenoxy) is 2. The van der Waals surface area contributed by atoms with Gasteiger partial charge in [0.05, 0.1) is 45.2 Å². The molecule has 2 aliphatic rings. The molecule has 8 heteroatoms. The van der Waals surface area contributed by atoms with Gasteiger partial charge in [-0.25, -0.2) is 19.9 Å². The molecule has 0 radical (unpaired) electrons. The number of nitrogens with zero attached hydrogens (tertiary/aromatic N) is 6. The lowest BCUT2D eigenvalue weighted by Gasteiger charge is -2.16. The quantitative estimate of drug-likeness (QED) is 0.151. The fourth-order valence-electron chi connectivity index (χ4n) is 12.7. The molecule has 8 nitrogen and oxygen atoms in total. The van der Waals surface area contributed by atoms with Crippen LogP contribution in [0.2, 0.25) is 0 Å². The van der Waals surface area contributed by atoms with Crippen molar-refractivity contribution in [2.75, 3.05) is 0 Å². The van der Waals surface area contributed by atoms with Crippen LogP contribution in [0.25, 0.3) is 146 Å². The molecule has 0 atom stereocenters. The average Bonchev–Trinajstić information content (AvgIpc) is 1.65. The second-order valence-electron chi connectivity index (χ2n) is 21.7. The summed E-state index contributed by atoms with van der Waals surface area (Å²) < 4.78 is 18.4. The van der Waals surface area contributed by atoms with Gasteiger partial charge < -0.3 is 9.47 Å². The van der Waals surface area contributed by atoms with Gasteiger partial charge in [0.2, 0.25) is 11.9 Å². The standard InChI is InChI=1S/C78H48N6O2/c1-5-22-50(23-6-1)56-34-21-35-62-73-59-45-44-55(46-71(59)86-70-39-20-16-33-61(70)76(73)84(74(56)62)78-81-64(52-26-9-3-10-27-52)47-65(82-78)53-28-11-4-12-29-53)49-40-42-54(43-41-49)66-48-63(51-24-7-2-8-25-51)79-77(80-66)83-67-36-17-13-30-57(67)72-58-31-14-18-37-68(58)85-69-38-19-15-32-60(69)75(72)83/h1-48H. The number of aromatic nitrogens is 6. The fraction of sp³-hybridized carbons (Fsp3) is 0. The minimum atomic E-state index is 0.559. The van der Waals surface area contributed by atoms with Crippen molar-refractivity contribution in [3.8, 4) is 147 Å². The molecule has 0 fully saturated rings. The smallest absolute Gasteiger partial charge is 0.235 e. The lowest BCUT2D eigenvalue weighted by atomic mass is 9.94. The lowest BCUT2D eigenvalue weighted by molar-refractivity contribution is 0.487. The van der Waals surface area contributed by atoms with Gasteiger partial charge in [0.15, 0.2) is 0 Å². The van der Waals surface area contributed by atoms with Crippen molar-refractivity contribution in [1.82, 2.24) is 29.1 Å². The third-order valence-electron chi connectivity index (χ3n) is 16.6. The third kappa shape index (κ3) is 8.07. The van der Waals surface area contributed by atoms with Crippen molar-refractivity contribution in [2.24, 2.45) is 0 Å². The van der Waals surface area contributed by atoms with Gasteiger partial charge in [-0.2, -0.15) is 0 Å². The summed E-state index contributed by atoms with van der Waals surface area (Å²) in [7, 11) is 0. The molecule has 402 valence electrons. The van der Waals surface area contributed by atoms with Crippen LogP contribution in [0.4, 0.5) is 0 Å². The Kier molecular flexibility index (Phi) is 11.4. The number of hydrogen-bond donors (Lipinski definition) is 0. The van der Waals surface area contributed by atoms with E-state index < -0.39 is 0 Å². The van der Waals surface area contributed by atoms with Crippen molar-refractivity contribution >= 4 is 21.8 Å². The van der Waals surface area contributed by atoms with E-state index in [4.69, 9.17) is 29.4 Å². The molecular weight excluding hydrogens is 1050 g/mol. The zero-order valence-corrected chi connectivity index (χ0v) is 46.2. The zero-order chi connectivity index (χ0) is 56.7. The SMILES string of the molecule is c1ccc(-c2cc(-c3ccc(-c4ccc5c(c4)Oc4ccccc4-c4c-5c5cccc(-c6ccccc6)c5n4-c4nc(-c5ccccc5)cc(-c5ccccc5)n4)cc3)nc(-n3c4c(c5ccccc53)-c3ccccc3Oc3ccccc3-4)n2)cc1. The number of fused-ring (bicyclic) bond motifs is 14. The summed E-state index contributed by atoms with van der Waals surface area (Å²) in [5.41, 5.74) is 21.3. The van der Waals surface area contributed by atoms with Crippen LogP contribution in [0, 0.1) is 0 Å². The van der Waals surface area contributed by atoms with Gasteiger partial charge in [0.1, 0.15) is 23.0 Å². The highest BCUT2D eigenvalue weighted by atomic mass is 16.5. The van der Waals surface area contributed by atoms with E-state index in [1.807, 2.05) is 48.5 Å². The Hall–Kier alpha value is -11.7. The molecule has 0 spiro atoms. The highest BCUT2D eigenvalue weighted by Gasteiger charge is 2.33. The van der Waals surface area contributed by atoms with E-state index in [2.05, 4.69) is 252 Å². The zero-order valence-electron chi connectivity index (χ0n) is 46.2. The predicted octanol–water partition coefficient (Wildman–Crippen LogP) is 20.0. The predicted molar refractivity (Wildman–Crippen MR) is 346 cm³/mol. The largest absolute Gasteiger partial charge is 0.456 e. The molecule has 0 N–H and O–H groups in total. The van der Waals surface area contributed by atoms with E-state index in [1.165, 1.54) is 0 Å². The molecule has 0 aliphatic carbocycles. The highest BCUT2D eigenvalue weighted by Crippen LogP contribution is 2.55. The van der Waals surface area contributed by atoms with Crippen LogP contribution < -0.4 is 9.47 Å². The first kappa shape index (κ1) is 48.9. The maximum atomic E-state index is 7.18. The summed E-state index contributed by atoms with van der Waals surface area (Å²) in [4.78, 5) is 21.9. The number of rotatable bonds is 8. The summed E-state index contributed by atoms with van der Waals surface area (Å²) in [6.07, 6.45) is 0. The molecule has 6 heterocycles. The molecule has 0 saturated carbocycles. The second kappa shape index (κ2) is 20.0. The van der Waals surface area contributed by atoms with Gasteiger partial charge in [-0.05, 0) is 77.4 Å². The van der Waals surface area contributed by atoms with E-state index in [-0.39, 0.29) is 0 Å². The maximum absolute atomic E-state index is 7.18. The molecule has 0 bridgehead atoms. The Bertz CT molecular complexity index is 5100. The van der Waals surface area contributed by atoms with E-state index in [1.54, 1.807) is 0 Å². The van der Waals surface area contributed by atoms with Crippen LogP contribution in [-0.2, 0) is 0 Å². The molecule has 2 aliphatic heterocycles. The topological polar surface area (TPSA) is 79.9 Å². The van der Waals surface area contributed by atoms with Crippen LogP contribution >= 0.6 is 0 Å². The molecular formula is C78H48N6O2. The van der Waals surface area contributed by atoms with Gasteiger partial charge >= 0.3 is 0 Å². The molecule has 11 aromatic carbocycles. The van der Waals surface area contributed by atoms with E-state index >= 15 is 0 Å². The summed E-state index contributed by atoms with van der Waals surface area (Å²) in [5, 5.41) is 2.14. The van der Waals surface area contributed by atoms with E-state index in [9.17, 15) is 0 Å². The van der Waals surface area contributed by atoms with Crippen LogP contribution in [0.3, 0.4) is 0 Å². The minimum absolute atomic E-state index is 0.559.